The summed E-state index contributed by atoms with van der Waals surface area (Å²) in [6.07, 6.45) is 0. The zero-order valence-electron chi connectivity index (χ0n) is 12.2. The number of nitrogens with one attached hydrogen (secondary N) is 1. The van der Waals surface area contributed by atoms with Crippen LogP contribution in [-0.2, 0) is 0 Å². The predicted molar refractivity (Wildman–Crippen MR) is 87.5 cm³/mol. The number of halogens is 2. The summed E-state index contributed by atoms with van der Waals surface area (Å²) in [6.45, 7) is 2.98. The molecule has 0 saturated heterocycles. The average Bonchev–Trinajstić information content (AvgIpc) is 2.43. The minimum Gasteiger partial charge on any atom is -0.507 e. The summed E-state index contributed by atoms with van der Waals surface area (Å²) in [5, 5.41) is 14.2. The molecule has 1 aromatic heterocycles. The second kappa shape index (κ2) is 6.85. The average molecular weight is 355 g/mol. The van der Waals surface area contributed by atoms with Gasteiger partial charge in [-0.3, -0.25) is 4.79 Å². The number of aryl methyl sites for hydroxylation is 1. The molecule has 120 valence electrons. The van der Waals surface area contributed by atoms with Crippen LogP contribution in [0.15, 0.2) is 38.6 Å². The lowest BCUT2D eigenvalue weighted by molar-refractivity contribution is 0.0955. The zero-order chi connectivity index (χ0) is 17.1. The molecule has 2 rings (SSSR count). The van der Waals surface area contributed by atoms with Crippen molar-refractivity contribution in [3.05, 3.63) is 61.6 Å². The Balaban J connectivity index is 2.26. The van der Waals surface area contributed by atoms with Gasteiger partial charge in [-0.15, -0.1) is 0 Å². The first-order valence-electron chi connectivity index (χ1n) is 6.43. The lowest BCUT2D eigenvalue weighted by Gasteiger charge is -2.06. The normalized spacial score (nSPS) is 11.4. The molecule has 0 atom stereocenters. The summed E-state index contributed by atoms with van der Waals surface area (Å²) in [4.78, 5) is 23.8. The Morgan fingerprint density at radius 2 is 2.00 bits per heavy atom. The highest BCUT2D eigenvalue weighted by Gasteiger charge is 2.14. The van der Waals surface area contributed by atoms with Gasteiger partial charge in [0.1, 0.15) is 17.1 Å². The van der Waals surface area contributed by atoms with Crippen molar-refractivity contribution in [3.63, 3.8) is 0 Å². The maximum absolute atomic E-state index is 12.0. The number of rotatable bonds is 3. The van der Waals surface area contributed by atoms with Crippen molar-refractivity contribution in [2.24, 2.45) is 5.10 Å². The Morgan fingerprint density at radius 3 is 2.61 bits per heavy atom. The van der Waals surface area contributed by atoms with Gasteiger partial charge in [-0.05, 0) is 32.0 Å². The Labute approximate surface area is 141 Å². The maximum atomic E-state index is 12.0. The quantitative estimate of drug-likeness (QED) is 0.654. The van der Waals surface area contributed by atoms with Crippen molar-refractivity contribution >= 4 is 34.8 Å². The van der Waals surface area contributed by atoms with Crippen molar-refractivity contribution in [3.8, 4) is 5.75 Å². The molecular formula is C15H12Cl2N2O4. The molecule has 0 saturated carbocycles. The van der Waals surface area contributed by atoms with Crippen molar-refractivity contribution in [2.45, 2.75) is 13.8 Å². The topological polar surface area (TPSA) is 91.9 Å². The lowest BCUT2D eigenvalue weighted by atomic mass is 10.2. The first-order chi connectivity index (χ1) is 10.8. The van der Waals surface area contributed by atoms with Gasteiger partial charge in [0.2, 0.25) is 0 Å². The van der Waals surface area contributed by atoms with Crippen LogP contribution in [-0.4, -0.2) is 16.7 Å². The van der Waals surface area contributed by atoms with E-state index in [-0.39, 0.29) is 33.4 Å². The number of nitrogens with zero attached hydrogens (tertiary/aromatic N) is 1. The van der Waals surface area contributed by atoms with Crippen LogP contribution in [0.4, 0.5) is 0 Å². The molecule has 1 heterocycles. The fourth-order valence-corrected chi connectivity index (χ4v) is 2.35. The summed E-state index contributed by atoms with van der Waals surface area (Å²) in [5.41, 5.74) is 1.65. The van der Waals surface area contributed by atoms with E-state index in [9.17, 15) is 14.7 Å². The van der Waals surface area contributed by atoms with Crippen LogP contribution >= 0.6 is 23.2 Å². The van der Waals surface area contributed by atoms with Gasteiger partial charge in [0, 0.05) is 11.1 Å². The molecule has 0 aliphatic heterocycles. The Kier molecular flexibility index (Phi) is 5.08. The molecule has 0 aliphatic rings. The van der Waals surface area contributed by atoms with Gasteiger partial charge >= 0.3 is 5.63 Å². The number of benzene rings is 1. The van der Waals surface area contributed by atoms with Gasteiger partial charge in [-0.1, -0.05) is 23.2 Å². The number of hydrogen-bond acceptors (Lipinski definition) is 5. The van der Waals surface area contributed by atoms with Gasteiger partial charge < -0.3 is 9.52 Å². The van der Waals surface area contributed by atoms with Crippen LogP contribution < -0.4 is 11.1 Å². The molecule has 1 amide bonds. The fraction of sp³-hybridized carbons (Fsp3) is 0.133. The van der Waals surface area contributed by atoms with Gasteiger partial charge in [0.25, 0.3) is 5.91 Å². The van der Waals surface area contributed by atoms with Crippen LogP contribution in [0.25, 0.3) is 0 Å². The zero-order valence-corrected chi connectivity index (χ0v) is 13.7. The van der Waals surface area contributed by atoms with Gasteiger partial charge in [0.05, 0.1) is 16.3 Å². The molecule has 0 radical (unpaired) electrons. The van der Waals surface area contributed by atoms with E-state index in [1.54, 1.807) is 0 Å². The fourth-order valence-electron chi connectivity index (χ4n) is 1.85. The van der Waals surface area contributed by atoms with Gasteiger partial charge in [0.15, 0.2) is 0 Å². The SMILES string of the molecule is CC(=NNC(=O)c1ccc(Cl)cc1Cl)c1c(O)cc(C)oc1=O. The molecule has 0 fully saturated rings. The number of amides is 1. The first kappa shape index (κ1) is 17.1. The highest BCUT2D eigenvalue weighted by molar-refractivity contribution is 6.36. The highest BCUT2D eigenvalue weighted by atomic mass is 35.5. The molecular weight excluding hydrogens is 343 g/mol. The summed E-state index contributed by atoms with van der Waals surface area (Å²) in [5.74, 6) is -0.596. The maximum Gasteiger partial charge on any atom is 0.348 e. The van der Waals surface area contributed by atoms with E-state index in [4.69, 9.17) is 27.6 Å². The van der Waals surface area contributed by atoms with Crippen molar-refractivity contribution in [2.75, 3.05) is 0 Å². The molecule has 0 aliphatic carbocycles. The predicted octanol–water partition coefficient (Wildman–Crippen LogP) is 3.11. The van der Waals surface area contributed by atoms with Crippen molar-refractivity contribution in [1.82, 2.24) is 5.43 Å². The standard InChI is InChI=1S/C15H12Cl2N2O4/c1-7-5-12(20)13(15(22)23-7)8(2)18-19-14(21)10-4-3-9(16)6-11(10)17/h3-6,20H,1-2H3,(H,19,21). The number of aromatic hydroxyl groups is 1. The van der Waals surface area contributed by atoms with E-state index in [0.717, 1.165) is 0 Å². The minimum absolute atomic E-state index is 0.0923. The van der Waals surface area contributed by atoms with E-state index < -0.39 is 11.5 Å². The van der Waals surface area contributed by atoms with Crippen molar-refractivity contribution in [1.29, 1.82) is 0 Å². The van der Waals surface area contributed by atoms with Crippen LogP contribution in [0.2, 0.25) is 10.0 Å². The molecule has 0 bridgehead atoms. The van der Waals surface area contributed by atoms with E-state index in [0.29, 0.717) is 5.02 Å². The summed E-state index contributed by atoms with van der Waals surface area (Å²) >= 11 is 11.7. The number of carbonyl (C=O) groups excluding carboxylic acids is 1. The molecule has 1 aromatic carbocycles. The number of hydrazone groups is 1. The lowest BCUT2D eigenvalue weighted by Crippen LogP contribution is -2.22. The smallest absolute Gasteiger partial charge is 0.348 e. The van der Waals surface area contributed by atoms with E-state index >= 15 is 0 Å². The minimum atomic E-state index is -0.748. The molecule has 0 unspecified atom stereocenters. The van der Waals surface area contributed by atoms with E-state index in [1.807, 2.05) is 0 Å². The van der Waals surface area contributed by atoms with Crippen LogP contribution in [0.5, 0.6) is 5.75 Å². The third-order valence-corrected chi connectivity index (χ3v) is 3.46. The van der Waals surface area contributed by atoms with Crippen molar-refractivity contribution < 1.29 is 14.3 Å². The summed E-state index contributed by atoms with van der Waals surface area (Å²) in [7, 11) is 0. The number of hydrogen-bond donors (Lipinski definition) is 2. The Bertz CT molecular complexity index is 859. The molecule has 2 aromatic rings. The second-order valence-electron chi connectivity index (χ2n) is 4.67. The van der Waals surface area contributed by atoms with Crippen LogP contribution in [0.3, 0.4) is 0 Å². The third-order valence-electron chi connectivity index (χ3n) is 2.92. The summed E-state index contributed by atoms with van der Waals surface area (Å²) < 4.78 is 4.89. The molecule has 6 nitrogen and oxygen atoms in total. The largest absolute Gasteiger partial charge is 0.507 e. The molecule has 0 spiro atoms. The number of carbonyl (C=O) groups is 1. The monoisotopic (exact) mass is 354 g/mol. The summed E-state index contributed by atoms with van der Waals surface area (Å²) in [6, 6.07) is 5.67. The Morgan fingerprint density at radius 1 is 1.30 bits per heavy atom. The van der Waals surface area contributed by atoms with Gasteiger partial charge in [-0.25, -0.2) is 10.2 Å². The second-order valence-corrected chi connectivity index (χ2v) is 5.51. The molecule has 8 heteroatoms. The van der Waals surface area contributed by atoms with Crippen LogP contribution in [0, 0.1) is 6.92 Å². The first-order valence-corrected chi connectivity index (χ1v) is 7.19. The molecule has 23 heavy (non-hydrogen) atoms. The molecule has 2 N–H and O–H groups in total. The van der Waals surface area contributed by atoms with Gasteiger partial charge in [-0.2, -0.15) is 5.10 Å². The third kappa shape index (κ3) is 3.91. The van der Waals surface area contributed by atoms with Crippen LogP contribution in [0.1, 0.15) is 28.6 Å². The Hall–Kier alpha value is -2.31. The van der Waals surface area contributed by atoms with E-state index in [2.05, 4.69) is 10.5 Å². The van der Waals surface area contributed by atoms with E-state index in [1.165, 1.54) is 38.1 Å². The highest BCUT2D eigenvalue weighted by Crippen LogP contribution is 2.21.